The Balaban J connectivity index is 1.57. The van der Waals surface area contributed by atoms with Gasteiger partial charge in [0, 0.05) is 12.2 Å². The molecule has 0 bridgehead atoms. The number of amides is 2. The van der Waals surface area contributed by atoms with Gasteiger partial charge in [-0.15, -0.1) is 0 Å². The number of benzene rings is 2. The number of nitrogens with one attached hydrogen (secondary N) is 3. The summed E-state index contributed by atoms with van der Waals surface area (Å²) in [5.41, 5.74) is 9.89. The maximum Gasteiger partial charge on any atom is 0.275 e. The van der Waals surface area contributed by atoms with Crippen molar-refractivity contribution < 1.29 is 9.59 Å². The van der Waals surface area contributed by atoms with Gasteiger partial charge in [0.25, 0.3) is 11.8 Å². The molecule has 1 aliphatic heterocycles. The Kier molecular flexibility index (Phi) is 4.29. The fourth-order valence-corrected chi connectivity index (χ4v) is 3.79. The number of carbonyl (C=O) groups excluding carboxylic acids is 2. The van der Waals surface area contributed by atoms with Gasteiger partial charge in [0.05, 0.1) is 11.0 Å². The second-order valence-corrected chi connectivity index (χ2v) is 7.08. The molecule has 0 atom stereocenters. The van der Waals surface area contributed by atoms with E-state index in [0.717, 1.165) is 41.7 Å². The lowest BCUT2D eigenvalue weighted by atomic mass is 9.99. The number of imidazole rings is 2. The molecule has 2 amide bonds. The SMILES string of the molecule is NC(=O)c1ncn(-c2nc3ccccc3[nH]2)c1C(=O)Nc1cccc2c1CCNC2. The first kappa shape index (κ1) is 18.1. The molecule has 5 rings (SSSR count). The van der Waals surface area contributed by atoms with Crippen molar-refractivity contribution in [3.63, 3.8) is 0 Å². The minimum Gasteiger partial charge on any atom is -0.364 e. The van der Waals surface area contributed by atoms with E-state index in [0.29, 0.717) is 11.6 Å². The van der Waals surface area contributed by atoms with Crippen LogP contribution in [0.4, 0.5) is 5.69 Å². The maximum atomic E-state index is 13.3. The van der Waals surface area contributed by atoms with Crippen LogP contribution in [0.1, 0.15) is 32.1 Å². The van der Waals surface area contributed by atoms with Crippen LogP contribution < -0.4 is 16.4 Å². The van der Waals surface area contributed by atoms with Crippen LogP contribution in [-0.4, -0.2) is 37.9 Å². The number of fused-ring (bicyclic) bond motifs is 2. The van der Waals surface area contributed by atoms with Crippen LogP contribution in [0.3, 0.4) is 0 Å². The Bertz CT molecular complexity index is 1250. The van der Waals surface area contributed by atoms with Crippen LogP contribution in [-0.2, 0) is 13.0 Å². The number of rotatable bonds is 4. The fourth-order valence-electron chi connectivity index (χ4n) is 3.79. The molecule has 5 N–H and O–H groups in total. The summed E-state index contributed by atoms with van der Waals surface area (Å²) in [4.78, 5) is 36.9. The third-order valence-corrected chi connectivity index (χ3v) is 5.21. The van der Waals surface area contributed by atoms with Gasteiger partial charge in [0.15, 0.2) is 5.69 Å². The van der Waals surface area contributed by atoms with Gasteiger partial charge in [-0.2, -0.15) is 0 Å². The molecule has 2 aromatic carbocycles. The number of primary amides is 1. The van der Waals surface area contributed by atoms with Gasteiger partial charge in [0.2, 0.25) is 5.95 Å². The summed E-state index contributed by atoms with van der Waals surface area (Å²) in [6, 6.07) is 13.3. The zero-order valence-electron chi connectivity index (χ0n) is 16.0. The van der Waals surface area contributed by atoms with Gasteiger partial charge in [-0.1, -0.05) is 24.3 Å². The second-order valence-electron chi connectivity index (χ2n) is 7.08. The number of H-pyrrole nitrogens is 1. The van der Waals surface area contributed by atoms with Crippen LogP contribution in [0, 0.1) is 0 Å². The van der Waals surface area contributed by atoms with Crippen molar-refractivity contribution in [1.29, 1.82) is 0 Å². The van der Waals surface area contributed by atoms with Crippen molar-refractivity contribution in [1.82, 2.24) is 24.8 Å². The molecule has 150 valence electrons. The highest BCUT2D eigenvalue weighted by atomic mass is 16.2. The quantitative estimate of drug-likeness (QED) is 0.414. The Morgan fingerprint density at radius 3 is 2.83 bits per heavy atom. The van der Waals surface area contributed by atoms with E-state index in [2.05, 4.69) is 25.6 Å². The molecule has 0 fully saturated rings. The zero-order valence-corrected chi connectivity index (χ0v) is 16.0. The second kappa shape index (κ2) is 7.12. The lowest BCUT2D eigenvalue weighted by molar-refractivity contribution is 0.0971. The number of para-hydroxylation sites is 2. The Hall–Kier alpha value is -3.98. The highest BCUT2D eigenvalue weighted by Gasteiger charge is 2.25. The van der Waals surface area contributed by atoms with E-state index in [1.54, 1.807) is 0 Å². The standard InChI is InChI=1S/C21H19N7O2/c22-19(29)17-18(20(30)25-14-7-3-4-12-10-23-9-8-13(12)14)28(11-24-17)21-26-15-5-1-2-6-16(15)27-21/h1-7,11,23H,8-10H2,(H2,22,29)(H,25,30)(H,26,27). The Morgan fingerprint density at radius 2 is 2.00 bits per heavy atom. The van der Waals surface area contributed by atoms with E-state index in [1.165, 1.54) is 10.9 Å². The van der Waals surface area contributed by atoms with E-state index in [4.69, 9.17) is 5.73 Å². The van der Waals surface area contributed by atoms with Gasteiger partial charge in [-0.25, -0.2) is 9.97 Å². The Morgan fingerprint density at radius 1 is 1.13 bits per heavy atom. The minimum atomic E-state index is -0.783. The molecule has 0 spiro atoms. The van der Waals surface area contributed by atoms with Gasteiger partial charge in [0.1, 0.15) is 12.0 Å². The molecular weight excluding hydrogens is 382 g/mol. The van der Waals surface area contributed by atoms with E-state index in [9.17, 15) is 9.59 Å². The predicted octanol–water partition coefficient (Wildman–Crippen LogP) is 1.75. The van der Waals surface area contributed by atoms with Crippen LogP contribution in [0.15, 0.2) is 48.8 Å². The predicted molar refractivity (Wildman–Crippen MR) is 112 cm³/mol. The molecule has 9 heteroatoms. The number of hydrogen-bond acceptors (Lipinski definition) is 5. The van der Waals surface area contributed by atoms with Crippen LogP contribution in [0.25, 0.3) is 17.0 Å². The van der Waals surface area contributed by atoms with Crippen molar-refractivity contribution in [2.24, 2.45) is 5.73 Å². The molecule has 0 saturated heterocycles. The molecule has 4 aromatic rings. The highest BCUT2D eigenvalue weighted by Crippen LogP contribution is 2.25. The van der Waals surface area contributed by atoms with Crippen molar-refractivity contribution in [2.75, 3.05) is 11.9 Å². The Labute approximate surface area is 171 Å². The number of carbonyl (C=O) groups is 2. The molecule has 30 heavy (non-hydrogen) atoms. The first-order valence-electron chi connectivity index (χ1n) is 9.57. The summed E-state index contributed by atoms with van der Waals surface area (Å²) in [5, 5.41) is 6.25. The van der Waals surface area contributed by atoms with E-state index in [1.807, 2.05) is 42.5 Å². The van der Waals surface area contributed by atoms with Gasteiger partial charge < -0.3 is 21.4 Å². The van der Waals surface area contributed by atoms with Gasteiger partial charge in [-0.3, -0.25) is 14.2 Å². The van der Waals surface area contributed by atoms with Crippen molar-refractivity contribution in [2.45, 2.75) is 13.0 Å². The van der Waals surface area contributed by atoms with Crippen LogP contribution in [0.5, 0.6) is 0 Å². The largest absolute Gasteiger partial charge is 0.364 e. The van der Waals surface area contributed by atoms with Crippen molar-refractivity contribution in [3.05, 3.63) is 71.3 Å². The molecule has 2 aromatic heterocycles. The van der Waals surface area contributed by atoms with Gasteiger partial charge in [-0.05, 0) is 42.3 Å². The molecule has 3 heterocycles. The molecular formula is C21H19N7O2. The highest BCUT2D eigenvalue weighted by molar-refractivity contribution is 6.10. The number of nitrogens with two attached hydrogens (primary N) is 1. The van der Waals surface area contributed by atoms with E-state index in [-0.39, 0.29) is 11.4 Å². The van der Waals surface area contributed by atoms with Crippen LogP contribution in [0.2, 0.25) is 0 Å². The third-order valence-electron chi connectivity index (χ3n) is 5.21. The maximum absolute atomic E-state index is 13.3. The number of aromatic amines is 1. The normalized spacial score (nSPS) is 13.2. The summed E-state index contributed by atoms with van der Waals surface area (Å²) < 4.78 is 1.45. The number of aromatic nitrogens is 4. The lowest BCUT2D eigenvalue weighted by Gasteiger charge is -2.20. The monoisotopic (exact) mass is 401 g/mol. The smallest absolute Gasteiger partial charge is 0.275 e. The molecule has 1 aliphatic rings. The third kappa shape index (κ3) is 3.01. The fraction of sp³-hybridized carbons (Fsp3) is 0.143. The summed E-state index contributed by atoms with van der Waals surface area (Å²) in [6.07, 6.45) is 2.17. The molecule has 0 unspecified atom stereocenters. The first-order valence-corrected chi connectivity index (χ1v) is 9.57. The summed E-state index contributed by atoms with van der Waals surface area (Å²) in [6.45, 7) is 1.59. The summed E-state index contributed by atoms with van der Waals surface area (Å²) in [5.74, 6) is -0.886. The van der Waals surface area contributed by atoms with Gasteiger partial charge >= 0.3 is 0 Å². The lowest BCUT2D eigenvalue weighted by Crippen LogP contribution is -2.27. The van der Waals surface area contributed by atoms with Crippen molar-refractivity contribution >= 4 is 28.5 Å². The molecule has 0 aliphatic carbocycles. The molecule has 9 nitrogen and oxygen atoms in total. The number of anilines is 1. The minimum absolute atomic E-state index is 0.0353. The number of hydrogen-bond donors (Lipinski definition) is 4. The summed E-state index contributed by atoms with van der Waals surface area (Å²) in [7, 11) is 0. The van der Waals surface area contributed by atoms with E-state index < -0.39 is 11.8 Å². The zero-order chi connectivity index (χ0) is 20.7. The topological polar surface area (TPSA) is 131 Å². The van der Waals surface area contributed by atoms with Crippen molar-refractivity contribution in [3.8, 4) is 5.95 Å². The van der Waals surface area contributed by atoms with Crippen LogP contribution >= 0.6 is 0 Å². The number of nitrogens with zero attached hydrogens (tertiary/aromatic N) is 3. The molecule has 0 saturated carbocycles. The average molecular weight is 401 g/mol. The molecule has 0 radical (unpaired) electrons. The first-order chi connectivity index (χ1) is 14.6. The summed E-state index contributed by atoms with van der Waals surface area (Å²) >= 11 is 0. The van der Waals surface area contributed by atoms with E-state index >= 15 is 0 Å². The average Bonchev–Trinajstić information content (AvgIpc) is 3.38.